The van der Waals surface area contributed by atoms with Gasteiger partial charge in [-0.25, -0.2) is 4.39 Å². The molecule has 0 bridgehead atoms. The van der Waals surface area contributed by atoms with Crippen LogP contribution in [0.25, 0.3) is 11.1 Å². The van der Waals surface area contributed by atoms with Gasteiger partial charge in [0, 0.05) is 18.0 Å². The van der Waals surface area contributed by atoms with Gasteiger partial charge in [-0.05, 0) is 23.8 Å². The summed E-state index contributed by atoms with van der Waals surface area (Å²) in [6.45, 7) is 0. The summed E-state index contributed by atoms with van der Waals surface area (Å²) in [5.41, 5.74) is 1.81. The van der Waals surface area contributed by atoms with Crippen molar-refractivity contribution in [1.82, 2.24) is 4.98 Å². The van der Waals surface area contributed by atoms with E-state index in [9.17, 15) is 4.39 Å². The first-order chi connectivity index (χ1) is 7.31. The fraction of sp³-hybridized carbons (Fsp3) is 0. The van der Waals surface area contributed by atoms with Gasteiger partial charge in [0.05, 0.1) is 11.6 Å². The van der Waals surface area contributed by atoms with E-state index in [1.165, 1.54) is 12.1 Å². The Kier molecular flexibility index (Phi) is 2.42. The lowest BCUT2D eigenvalue weighted by atomic mass is 10.0. The maximum absolute atomic E-state index is 13.0. The Balaban J connectivity index is 2.60. The molecule has 0 aliphatic carbocycles. The second-order valence-electron chi connectivity index (χ2n) is 3.04. The van der Waals surface area contributed by atoms with Gasteiger partial charge in [0.15, 0.2) is 0 Å². The molecular weight excluding hydrogens is 191 g/mol. The van der Waals surface area contributed by atoms with E-state index < -0.39 is 0 Å². The van der Waals surface area contributed by atoms with Crippen molar-refractivity contribution >= 4 is 0 Å². The molecule has 0 amide bonds. The van der Waals surface area contributed by atoms with Gasteiger partial charge in [-0.3, -0.25) is 4.98 Å². The number of halogens is 1. The van der Waals surface area contributed by atoms with Crippen LogP contribution in [0.4, 0.5) is 4.39 Å². The van der Waals surface area contributed by atoms with Crippen LogP contribution in [-0.2, 0) is 0 Å². The zero-order chi connectivity index (χ0) is 10.7. The average molecular weight is 198 g/mol. The molecule has 2 aromatic rings. The van der Waals surface area contributed by atoms with Crippen molar-refractivity contribution in [1.29, 1.82) is 5.26 Å². The van der Waals surface area contributed by atoms with Crippen LogP contribution >= 0.6 is 0 Å². The molecule has 1 aromatic carbocycles. The number of rotatable bonds is 1. The Morgan fingerprint density at radius 3 is 2.87 bits per heavy atom. The summed E-state index contributed by atoms with van der Waals surface area (Å²) in [6, 6.07) is 9.78. The van der Waals surface area contributed by atoms with Gasteiger partial charge < -0.3 is 0 Å². The topological polar surface area (TPSA) is 36.7 Å². The molecule has 0 saturated heterocycles. The van der Waals surface area contributed by atoms with Crippen molar-refractivity contribution in [3.8, 4) is 17.2 Å². The number of nitriles is 1. The number of hydrogen-bond donors (Lipinski definition) is 0. The van der Waals surface area contributed by atoms with E-state index in [-0.39, 0.29) is 5.82 Å². The molecular formula is C12H7FN2. The monoisotopic (exact) mass is 198 g/mol. The highest BCUT2D eigenvalue weighted by Crippen LogP contribution is 2.22. The van der Waals surface area contributed by atoms with Gasteiger partial charge in [-0.1, -0.05) is 12.1 Å². The molecule has 0 atom stereocenters. The van der Waals surface area contributed by atoms with Crippen LogP contribution in [0.2, 0.25) is 0 Å². The lowest BCUT2D eigenvalue weighted by Gasteiger charge is -2.02. The molecule has 0 spiro atoms. The maximum Gasteiger partial charge on any atom is 0.123 e. The standard InChI is InChI=1S/C12H7FN2/c13-11-3-1-2-9(6-11)12-8-15-5-4-10(12)7-14/h1-6,8H. The van der Waals surface area contributed by atoms with Crippen LogP contribution in [0.1, 0.15) is 5.56 Å². The summed E-state index contributed by atoms with van der Waals surface area (Å²) in [6.07, 6.45) is 3.11. The lowest BCUT2D eigenvalue weighted by Crippen LogP contribution is -1.86. The number of pyridine rings is 1. The molecule has 72 valence electrons. The minimum atomic E-state index is -0.319. The summed E-state index contributed by atoms with van der Waals surface area (Å²) >= 11 is 0. The van der Waals surface area contributed by atoms with Crippen LogP contribution < -0.4 is 0 Å². The average Bonchev–Trinajstić information content (AvgIpc) is 2.29. The van der Waals surface area contributed by atoms with Crippen molar-refractivity contribution < 1.29 is 4.39 Å². The van der Waals surface area contributed by atoms with Gasteiger partial charge in [0.1, 0.15) is 5.82 Å². The van der Waals surface area contributed by atoms with E-state index in [0.717, 1.165) is 0 Å². The first kappa shape index (κ1) is 9.35. The molecule has 0 unspecified atom stereocenters. The molecule has 0 aliphatic rings. The Morgan fingerprint density at radius 2 is 2.13 bits per heavy atom. The van der Waals surface area contributed by atoms with Crippen molar-refractivity contribution in [2.45, 2.75) is 0 Å². The molecule has 1 aromatic heterocycles. The molecule has 0 radical (unpaired) electrons. The summed E-state index contributed by atoms with van der Waals surface area (Å²) in [5.74, 6) is -0.319. The third kappa shape index (κ3) is 1.84. The largest absolute Gasteiger partial charge is 0.264 e. The van der Waals surface area contributed by atoms with Gasteiger partial charge in [0.25, 0.3) is 0 Å². The number of nitrogens with zero attached hydrogens (tertiary/aromatic N) is 2. The zero-order valence-electron chi connectivity index (χ0n) is 7.81. The smallest absolute Gasteiger partial charge is 0.123 e. The molecule has 1 heterocycles. The summed E-state index contributed by atoms with van der Waals surface area (Å²) < 4.78 is 13.0. The predicted octanol–water partition coefficient (Wildman–Crippen LogP) is 2.76. The summed E-state index contributed by atoms with van der Waals surface area (Å²) in [4.78, 5) is 3.93. The molecule has 15 heavy (non-hydrogen) atoms. The van der Waals surface area contributed by atoms with Crippen molar-refractivity contribution in [2.24, 2.45) is 0 Å². The summed E-state index contributed by atoms with van der Waals surface area (Å²) in [7, 11) is 0. The third-order valence-electron chi connectivity index (χ3n) is 2.08. The van der Waals surface area contributed by atoms with Crippen LogP contribution in [0.3, 0.4) is 0 Å². The van der Waals surface area contributed by atoms with Crippen molar-refractivity contribution in [3.63, 3.8) is 0 Å². The third-order valence-corrected chi connectivity index (χ3v) is 2.08. The van der Waals surface area contributed by atoms with Crippen LogP contribution in [0, 0.1) is 17.1 Å². The summed E-state index contributed by atoms with van der Waals surface area (Å²) in [5, 5.41) is 8.88. The van der Waals surface area contributed by atoms with E-state index in [0.29, 0.717) is 16.7 Å². The maximum atomic E-state index is 13.0. The lowest BCUT2D eigenvalue weighted by molar-refractivity contribution is 0.628. The van der Waals surface area contributed by atoms with Crippen LogP contribution in [0.15, 0.2) is 42.7 Å². The van der Waals surface area contributed by atoms with E-state index in [2.05, 4.69) is 11.1 Å². The van der Waals surface area contributed by atoms with Crippen LogP contribution in [-0.4, -0.2) is 4.98 Å². The van der Waals surface area contributed by atoms with E-state index in [1.807, 2.05) is 0 Å². The second kappa shape index (κ2) is 3.89. The van der Waals surface area contributed by atoms with E-state index in [1.54, 1.807) is 30.6 Å². The predicted molar refractivity (Wildman–Crippen MR) is 54.3 cm³/mol. The second-order valence-corrected chi connectivity index (χ2v) is 3.04. The fourth-order valence-electron chi connectivity index (χ4n) is 1.38. The highest BCUT2D eigenvalue weighted by molar-refractivity contribution is 5.69. The molecule has 0 aliphatic heterocycles. The van der Waals surface area contributed by atoms with Gasteiger partial charge in [0.2, 0.25) is 0 Å². The van der Waals surface area contributed by atoms with Gasteiger partial charge in [-0.15, -0.1) is 0 Å². The molecule has 2 nitrogen and oxygen atoms in total. The normalized spacial score (nSPS) is 9.60. The Morgan fingerprint density at radius 1 is 1.27 bits per heavy atom. The van der Waals surface area contributed by atoms with Crippen molar-refractivity contribution in [2.75, 3.05) is 0 Å². The number of benzene rings is 1. The van der Waals surface area contributed by atoms with E-state index >= 15 is 0 Å². The fourth-order valence-corrected chi connectivity index (χ4v) is 1.38. The van der Waals surface area contributed by atoms with Gasteiger partial charge >= 0.3 is 0 Å². The molecule has 0 saturated carbocycles. The molecule has 0 N–H and O–H groups in total. The van der Waals surface area contributed by atoms with E-state index in [4.69, 9.17) is 5.26 Å². The first-order valence-electron chi connectivity index (χ1n) is 4.41. The molecule has 2 rings (SSSR count). The SMILES string of the molecule is N#Cc1ccncc1-c1cccc(F)c1. The van der Waals surface area contributed by atoms with Crippen molar-refractivity contribution in [3.05, 3.63) is 54.1 Å². The Hall–Kier alpha value is -2.21. The highest BCUT2D eigenvalue weighted by atomic mass is 19.1. The zero-order valence-corrected chi connectivity index (χ0v) is 7.81. The minimum absolute atomic E-state index is 0.319. The number of hydrogen-bond acceptors (Lipinski definition) is 2. The Labute approximate surface area is 86.6 Å². The number of aromatic nitrogens is 1. The van der Waals surface area contributed by atoms with Gasteiger partial charge in [-0.2, -0.15) is 5.26 Å². The Bertz CT molecular complexity index is 529. The minimum Gasteiger partial charge on any atom is -0.264 e. The molecule has 0 fully saturated rings. The first-order valence-corrected chi connectivity index (χ1v) is 4.41. The quantitative estimate of drug-likeness (QED) is 0.706. The molecule has 3 heteroatoms. The van der Waals surface area contributed by atoms with Crippen LogP contribution in [0.5, 0.6) is 0 Å². The highest BCUT2D eigenvalue weighted by Gasteiger charge is 2.04.